The van der Waals surface area contributed by atoms with Crippen molar-refractivity contribution in [2.45, 2.75) is 19.6 Å². The predicted molar refractivity (Wildman–Crippen MR) is 99.6 cm³/mol. The second kappa shape index (κ2) is 6.87. The fourth-order valence-corrected chi connectivity index (χ4v) is 7.36. The molecule has 0 saturated heterocycles. The zero-order chi connectivity index (χ0) is 18.1. The van der Waals surface area contributed by atoms with Crippen LogP contribution in [0.3, 0.4) is 0 Å². The van der Waals surface area contributed by atoms with E-state index in [1.807, 2.05) is 0 Å². The predicted octanol–water partition coefficient (Wildman–Crippen LogP) is 2.46. The SMILES string of the molecule is CS(=O)(=O)c1cccc(N)c1SSc1c(N)cccc1S(C)(=O)=O. The van der Waals surface area contributed by atoms with Crippen molar-refractivity contribution in [3.8, 4) is 0 Å². The summed E-state index contributed by atoms with van der Waals surface area (Å²) in [5.74, 6) is 0. The van der Waals surface area contributed by atoms with E-state index in [9.17, 15) is 16.8 Å². The molecule has 0 amide bonds. The van der Waals surface area contributed by atoms with Crippen LogP contribution in [-0.2, 0) is 19.7 Å². The highest BCUT2D eigenvalue weighted by Gasteiger charge is 2.20. The molecule has 0 bridgehead atoms. The summed E-state index contributed by atoms with van der Waals surface area (Å²) in [6.07, 6.45) is 2.19. The Hall–Kier alpha value is -1.36. The first-order valence-corrected chi connectivity index (χ1v) is 12.5. The third-order valence-corrected chi connectivity index (χ3v) is 8.14. The Morgan fingerprint density at radius 2 is 1.04 bits per heavy atom. The third-order valence-electron chi connectivity index (χ3n) is 3.03. The molecule has 130 valence electrons. The number of hydrogen-bond donors (Lipinski definition) is 2. The van der Waals surface area contributed by atoms with Gasteiger partial charge in [-0.1, -0.05) is 12.1 Å². The van der Waals surface area contributed by atoms with Gasteiger partial charge in [-0.25, -0.2) is 16.8 Å². The van der Waals surface area contributed by atoms with Crippen molar-refractivity contribution in [2.75, 3.05) is 24.0 Å². The molecule has 2 aromatic carbocycles. The molecule has 10 heteroatoms. The van der Waals surface area contributed by atoms with Crippen LogP contribution in [0.15, 0.2) is 56.0 Å². The van der Waals surface area contributed by atoms with Crippen molar-refractivity contribution in [1.29, 1.82) is 0 Å². The van der Waals surface area contributed by atoms with Crippen LogP contribution in [0.1, 0.15) is 0 Å². The van der Waals surface area contributed by atoms with Crippen LogP contribution in [0, 0.1) is 0 Å². The number of nitrogens with two attached hydrogens (primary N) is 2. The summed E-state index contributed by atoms with van der Waals surface area (Å²) < 4.78 is 47.6. The summed E-state index contributed by atoms with van der Waals surface area (Å²) in [7, 11) is -4.81. The van der Waals surface area contributed by atoms with Crippen LogP contribution in [0.5, 0.6) is 0 Å². The molecule has 0 fully saturated rings. The van der Waals surface area contributed by atoms with Crippen molar-refractivity contribution in [3.63, 3.8) is 0 Å². The van der Waals surface area contributed by atoms with Gasteiger partial charge in [0.2, 0.25) is 0 Å². The minimum absolute atomic E-state index is 0.0930. The largest absolute Gasteiger partial charge is 0.398 e. The van der Waals surface area contributed by atoms with E-state index in [4.69, 9.17) is 11.5 Å². The van der Waals surface area contributed by atoms with Gasteiger partial charge in [0, 0.05) is 23.9 Å². The summed E-state index contributed by atoms with van der Waals surface area (Å²) in [4.78, 5) is 0.895. The molecule has 0 aliphatic heterocycles. The van der Waals surface area contributed by atoms with E-state index in [0.29, 0.717) is 21.2 Å². The Morgan fingerprint density at radius 3 is 1.33 bits per heavy atom. The first kappa shape index (κ1) is 19.0. The second-order valence-corrected chi connectivity index (χ2v) is 11.2. The van der Waals surface area contributed by atoms with Crippen LogP contribution in [0.4, 0.5) is 11.4 Å². The van der Waals surface area contributed by atoms with E-state index < -0.39 is 19.7 Å². The minimum Gasteiger partial charge on any atom is -0.398 e. The Labute approximate surface area is 149 Å². The second-order valence-electron chi connectivity index (χ2n) is 5.06. The quantitative estimate of drug-likeness (QED) is 0.576. The maximum Gasteiger partial charge on any atom is 0.176 e. The normalized spacial score (nSPS) is 12.2. The highest BCUT2D eigenvalue weighted by molar-refractivity contribution is 8.76. The summed E-state index contributed by atoms with van der Waals surface area (Å²) in [6.45, 7) is 0. The van der Waals surface area contributed by atoms with Gasteiger partial charge in [0.1, 0.15) is 0 Å². The number of benzene rings is 2. The fourth-order valence-electron chi connectivity index (χ4n) is 1.91. The van der Waals surface area contributed by atoms with Gasteiger partial charge in [0.15, 0.2) is 19.7 Å². The molecule has 0 spiro atoms. The molecule has 0 saturated carbocycles. The highest BCUT2D eigenvalue weighted by Crippen LogP contribution is 2.46. The molecule has 4 N–H and O–H groups in total. The lowest BCUT2D eigenvalue weighted by Crippen LogP contribution is -2.03. The van der Waals surface area contributed by atoms with E-state index in [1.54, 1.807) is 24.3 Å². The van der Waals surface area contributed by atoms with Gasteiger partial charge in [-0.15, -0.1) is 0 Å². The summed E-state index contributed by atoms with van der Waals surface area (Å²) in [5.41, 5.74) is 12.4. The van der Waals surface area contributed by atoms with Gasteiger partial charge in [-0.2, -0.15) is 0 Å². The standard InChI is InChI=1S/C14H16N2O4S4/c1-23(17,18)11-7-3-5-9(15)13(11)21-22-14-10(16)6-4-8-12(14)24(2,19)20/h3-8H,15-16H2,1-2H3. The molecule has 2 rings (SSSR count). The van der Waals surface area contributed by atoms with Crippen LogP contribution in [-0.4, -0.2) is 29.3 Å². The van der Waals surface area contributed by atoms with E-state index in [1.165, 1.54) is 12.1 Å². The molecule has 0 aliphatic rings. The molecule has 0 radical (unpaired) electrons. The summed E-state index contributed by atoms with van der Waals surface area (Å²) >= 11 is 0. The molecule has 0 aromatic heterocycles. The number of nitrogen functional groups attached to an aromatic ring is 2. The summed E-state index contributed by atoms with van der Waals surface area (Å²) in [5, 5.41) is 0. The lowest BCUT2D eigenvalue weighted by molar-refractivity contribution is 0.598. The van der Waals surface area contributed by atoms with Gasteiger partial charge in [-0.3, -0.25) is 0 Å². The van der Waals surface area contributed by atoms with Gasteiger partial charge in [0.25, 0.3) is 0 Å². The van der Waals surface area contributed by atoms with Crippen molar-refractivity contribution in [2.24, 2.45) is 0 Å². The average Bonchev–Trinajstić information content (AvgIpc) is 2.44. The minimum atomic E-state index is -3.47. The molecule has 6 nitrogen and oxygen atoms in total. The molecule has 0 heterocycles. The average molecular weight is 405 g/mol. The van der Waals surface area contributed by atoms with E-state index in [2.05, 4.69) is 0 Å². The smallest absolute Gasteiger partial charge is 0.176 e. The molecule has 24 heavy (non-hydrogen) atoms. The van der Waals surface area contributed by atoms with E-state index in [-0.39, 0.29) is 9.79 Å². The zero-order valence-corrected chi connectivity index (χ0v) is 16.2. The number of rotatable bonds is 5. The molecular formula is C14H16N2O4S4. The van der Waals surface area contributed by atoms with E-state index >= 15 is 0 Å². The Kier molecular flexibility index (Phi) is 5.43. The van der Waals surface area contributed by atoms with Crippen molar-refractivity contribution < 1.29 is 16.8 Å². The van der Waals surface area contributed by atoms with Crippen LogP contribution < -0.4 is 11.5 Å². The Morgan fingerprint density at radius 1 is 0.708 bits per heavy atom. The number of anilines is 2. The van der Waals surface area contributed by atoms with Crippen molar-refractivity contribution in [1.82, 2.24) is 0 Å². The zero-order valence-electron chi connectivity index (χ0n) is 12.9. The highest BCUT2D eigenvalue weighted by atomic mass is 33.1. The van der Waals surface area contributed by atoms with Crippen LogP contribution in [0.2, 0.25) is 0 Å². The van der Waals surface area contributed by atoms with E-state index in [0.717, 1.165) is 34.1 Å². The lowest BCUT2D eigenvalue weighted by atomic mass is 10.3. The first-order valence-electron chi connectivity index (χ1n) is 6.53. The third kappa shape index (κ3) is 4.18. The molecule has 0 atom stereocenters. The van der Waals surface area contributed by atoms with Gasteiger partial charge < -0.3 is 11.5 Å². The topological polar surface area (TPSA) is 120 Å². The molecular weight excluding hydrogens is 388 g/mol. The van der Waals surface area contributed by atoms with Crippen molar-refractivity contribution in [3.05, 3.63) is 36.4 Å². The summed E-state index contributed by atoms with van der Waals surface area (Å²) in [6, 6.07) is 9.20. The van der Waals surface area contributed by atoms with Gasteiger partial charge in [0.05, 0.1) is 19.6 Å². The molecule has 0 unspecified atom stereocenters. The van der Waals surface area contributed by atoms with Gasteiger partial charge in [-0.05, 0) is 45.9 Å². The first-order chi connectivity index (χ1) is 11.0. The lowest BCUT2D eigenvalue weighted by Gasteiger charge is -2.13. The number of hydrogen-bond acceptors (Lipinski definition) is 8. The van der Waals surface area contributed by atoms with Crippen molar-refractivity contribution >= 4 is 52.6 Å². The van der Waals surface area contributed by atoms with Crippen LogP contribution >= 0.6 is 21.6 Å². The molecule has 0 aliphatic carbocycles. The maximum absolute atomic E-state index is 11.9. The fraction of sp³-hybridized carbons (Fsp3) is 0.143. The van der Waals surface area contributed by atoms with Gasteiger partial charge >= 0.3 is 0 Å². The Balaban J connectivity index is 2.48. The monoisotopic (exact) mass is 404 g/mol. The maximum atomic E-state index is 11.9. The number of sulfone groups is 2. The molecule has 2 aromatic rings. The Bertz CT molecular complexity index is 904. The van der Waals surface area contributed by atoms with Crippen LogP contribution in [0.25, 0.3) is 0 Å².